The Morgan fingerprint density at radius 1 is 0.885 bits per heavy atom. The number of hydrogen-bond acceptors (Lipinski definition) is 1. The molecule has 3 aromatic rings. The van der Waals surface area contributed by atoms with Gasteiger partial charge in [-0.2, -0.15) is 0 Å². The van der Waals surface area contributed by atoms with Crippen molar-refractivity contribution in [1.82, 2.24) is 5.32 Å². The minimum absolute atomic E-state index is 0.0798. The van der Waals surface area contributed by atoms with Crippen molar-refractivity contribution < 1.29 is 4.79 Å². The van der Waals surface area contributed by atoms with Gasteiger partial charge >= 0.3 is 6.03 Å². The maximum atomic E-state index is 12.4. The number of anilines is 1. The van der Waals surface area contributed by atoms with E-state index in [2.05, 4.69) is 34.9 Å². The first-order chi connectivity index (χ1) is 12.6. The molecular formula is C22H21ClN2O. The van der Waals surface area contributed by atoms with Crippen molar-refractivity contribution in [3.8, 4) is 0 Å². The summed E-state index contributed by atoms with van der Waals surface area (Å²) in [5.41, 5.74) is 3.86. The van der Waals surface area contributed by atoms with E-state index in [1.54, 1.807) is 6.07 Å². The Morgan fingerprint density at radius 2 is 1.46 bits per heavy atom. The van der Waals surface area contributed by atoms with Gasteiger partial charge in [0.25, 0.3) is 0 Å². The van der Waals surface area contributed by atoms with Gasteiger partial charge in [0.2, 0.25) is 0 Å². The van der Waals surface area contributed by atoms with E-state index in [4.69, 9.17) is 11.6 Å². The summed E-state index contributed by atoms with van der Waals surface area (Å²) in [5, 5.41) is 6.35. The monoisotopic (exact) mass is 364 g/mol. The molecule has 0 bridgehead atoms. The maximum Gasteiger partial charge on any atom is 0.319 e. The Morgan fingerprint density at radius 3 is 2.04 bits per heavy atom. The molecule has 0 spiro atoms. The maximum absolute atomic E-state index is 12.4. The zero-order chi connectivity index (χ0) is 18.4. The Balaban J connectivity index is 1.72. The molecule has 4 heteroatoms. The molecular weight excluding hydrogens is 344 g/mol. The van der Waals surface area contributed by atoms with E-state index in [1.807, 2.05) is 55.5 Å². The van der Waals surface area contributed by atoms with Crippen LogP contribution < -0.4 is 10.6 Å². The molecule has 0 radical (unpaired) electrons. The summed E-state index contributed by atoms with van der Waals surface area (Å²) in [6.45, 7) is 2.40. The summed E-state index contributed by atoms with van der Waals surface area (Å²) in [6.07, 6.45) is 0. The lowest BCUT2D eigenvalue weighted by atomic mass is 9.91. The number of amides is 2. The van der Waals surface area contributed by atoms with Crippen LogP contribution in [0.4, 0.5) is 10.5 Å². The average molecular weight is 365 g/mol. The SMILES string of the molecule is Cc1cccc(NC(=O)NCC(c2ccccc2)c2ccccc2)c1Cl. The van der Waals surface area contributed by atoms with Gasteiger partial charge in [-0.15, -0.1) is 0 Å². The second-order valence-electron chi connectivity index (χ2n) is 6.15. The number of urea groups is 1. The fourth-order valence-corrected chi connectivity index (χ4v) is 3.08. The normalized spacial score (nSPS) is 10.6. The molecule has 0 aromatic heterocycles. The van der Waals surface area contributed by atoms with Gasteiger partial charge < -0.3 is 10.6 Å². The van der Waals surface area contributed by atoms with Crippen LogP contribution in [-0.2, 0) is 0 Å². The molecule has 2 amide bonds. The van der Waals surface area contributed by atoms with Crippen LogP contribution in [0.25, 0.3) is 0 Å². The first kappa shape index (κ1) is 18.0. The van der Waals surface area contributed by atoms with Crippen molar-refractivity contribution >= 4 is 23.3 Å². The number of benzene rings is 3. The highest BCUT2D eigenvalue weighted by molar-refractivity contribution is 6.34. The second kappa shape index (κ2) is 8.54. The van der Waals surface area contributed by atoms with Crippen LogP contribution in [0.1, 0.15) is 22.6 Å². The highest BCUT2D eigenvalue weighted by Crippen LogP contribution is 2.26. The highest BCUT2D eigenvalue weighted by Gasteiger charge is 2.15. The lowest BCUT2D eigenvalue weighted by Crippen LogP contribution is -2.32. The van der Waals surface area contributed by atoms with Gasteiger partial charge in [-0.25, -0.2) is 4.79 Å². The number of nitrogens with one attached hydrogen (secondary N) is 2. The molecule has 2 N–H and O–H groups in total. The van der Waals surface area contributed by atoms with Gasteiger partial charge in [0.05, 0.1) is 10.7 Å². The van der Waals surface area contributed by atoms with E-state index < -0.39 is 0 Å². The van der Waals surface area contributed by atoms with Crippen LogP contribution in [0.5, 0.6) is 0 Å². The van der Waals surface area contributed by atoms with Gasteiger partial charge in [-0.3, -0.25) is 0 Å². The van der Waals surface area contributed by atoms with Gasteiger partial charge in [0.1, 0.15) is 0 Å². The van der Waals surface area contributed by atoms with Crippen LogP contribution in [0.3, 0.4) is 0 Å². The third-order valence-electron chi connectivity index (χ3n) is 4.31. The Hall–Kier alpha value is -2.78. The van der Waals surface area contributed by atoms with Gasteiger partial charge in [0.15, 0.2) is 0 Å². The fourth-order valence-electron chi connectivity index (χ4n) is 2.90. The van der Waals surface area contributed by atoms with E-state index in [0.29, 0.717) is 17.3 Å². The quantitative estimate of drug-likeness (QED) is 0.607. The van der Waals surface area contributed by atoms with Gasteiger partial charge in [-0.1, -0.05) is 84.4 Å². The van der Waals surface area contributed by atoms with Crippen LogP contribution >= 0.6 is 11.6 Å². The number of rotatable bonds is 5. The summed E-state index contributed by atoms with van der Waals surface area (Å²) in [5.74, 6) is 0.0798. The lowest BCUT2D eigenvalue weighted by Gasteiger charge is -2.19. The fraction of sp³-hybridized carbons (Fsp3) is 0.136. The summed E-state index contributed by atoms with van der Waals surface area (Å²) < 4.78 is 0. The van der Waals surface area contributed by atoms with Crippen LogP contribution in [0.15, 0.2) is 78.9 Å². The van der Waals surface area contributed by atoms with Crippen molar-refractivity contribution in [2.75, 3.05) is 11.9 Å². The number of aryl methyl sites for hydroxylation is 1. The van der Waals surface area contributed by atoms with Crippen molar-refractivity contribution in [1.29, 1.82) is 0 Å². The standard InChI is InChI=1S/C22H21ClN2O/c1-16-9-8-14-20(21(16)23)25-22(26)24-15-19(17-10-4-2-5-11-17)18-12-6-3-7-13-18/h2-14,19H,15H2,1H3,(H2,24,25,26). The molecule has 0 aliphatic heterocycles. The summed E-state index contributed by atoms with van der Waals surface area (Å²) in [6, 6.07) is 25.6. The lowest BCUT2D eigenvalue weighted by molar-refractivity contribution is 0.252. The molecule has 0 aliphatic carbocycles. The molecule has 132 valence electrons. The zero-order valence-corrected chi connectivity index (χ0v) is 15.3. The van der Waals surface area contributed by atoms with Gasteiger partial charge in [-0.05, 0) is 29.7 Å². The molecule has 26 heavy (non-hydrogen) atoms. The topological polar surface area (TPSA) is 41.1 Å². The molecule has 0 saturated heterocycles. The van der Waals surface area contributed by atoms with E-state index in [0.717, 1.165) is 16.7 Å². The second-order valence-corrected chi connectivity index (χ2v) is 6.52. The first-order valence-corrected chi connectivity index (χ1v) is 8.93. The van der Waals surface area contributed by atoms with Gasteiger partial charge in [0, 0.05) is 12.5 Å². The summed E-state index contributed by atoms with van der Waals surface area (Å²) >= 11 is 6.25. The third-order valence-corrected chi connectivity index (χ3v) is 4.81. The minimum atomic E-state index is -0.269. The molecule has 3 aromatic carbocycles. The highest BCUT2D eigenvalue weighted by atomic mass is 35.5. The summed E-state index contributed by atoms with van der Waals surface area (Å²) in [7, 11) is 0. The average Bonchev–Trinajstić information content (AvgIpc) is 2.67. The van der Waals surface area contributed by atoms with E-state index in [-0.39, 0.29) is 11.9 Å². The van der Waals surface area contributed by atoms with Crippen molar-refractivity contribution in [2.45, 2.75) is 12.8 Å². The minimum Gasteiger partial charge on any atom is -0.337 e. The molecule has 3 rings (SSSR count). The molecule has 0 heterocycles. The smallest absolute Gasteiger partial charge is 0.319 e. The number of carbonyl (C=O) groups excluding carboxylic acids is 1. The third kappa shape index (κ3) is 4.44. The van der Waals surface area contributed by atoms with E-state index in [9.17, 15) is 4.79 Å². The van der Waals surface area contributed by atoms with Crippen LogP contribution in [0.2, 0.25) is 5.02 Å². The molecule has 0 aliphatic rings. The van der Waals surface area contributed by atoms with Crippen LogP contribution in [0, 0.1) is 6.92 Å². The largest absolute Gasteiger partial charge is 0.337 e. The first-order valence-electron chi connectivity index (χ1n) is 8.55. The number of hydrogen-bond donors (Lipinski definition) is 2. The predicted octanol–water partition coefficient (Wildman–Crippen LogP) is 5.60. The molecule has 3 nitrogen and oxygen atoms in total. The van der Waals surface area contributed by atoms with Crippen LogP contribution in [-0.4, -0.2) is 12.6 Å². The molecule has 0 saturated carbocycles. The number of halogens is 1. The van der Waals surface area contributed by atoms with Crippen molar-refractivity contribution in [3.63, 3.8) is 0 Å². The van der Waals surface area contributed by atoms with Crippen molar-refractivity contribution in [2.24, 2.45) is 0 Å². The predicted molar refractivity (Wildman–Crippen MR) is 108 cm³/mol. The zero-order valence-electron chi connectivity index (χ0n) is 14.6. The molecule has 0 atom stereocenters. The van der Waals surface area contributed by atoms with E-state index >= 15 is 0 Å². The number of carbonyl (C=O) groups is 1. The van der Waals surface area contributed by atoms with E-state index in [1.165, 1.54) is 0 Å². The Kier molecular flexibility index (Phi) is 5.92. The molecule has 0 unspecified atom stereocenters. The Bertz CT molecular complexity index is 826. The summed E-state index contributed by atoms with van der Waals surface area (Å²) in [4.78, 5) is 12.4. The molecule has 0 fully saturated rings. The van der Waals surface area contributed by atoms with Crippen molar-refractivity contribution in [3.05, 3.63) is 101 Å². The Labute approximate surface area is 159 Å².